The molecule has 3 heterocycles. The summed E-state index contributed by atoms with van der Waals surface area (Å²) < 4.78 is 1.86. The Morgan fingerprint density at radius 2 is 2.14 bits per heavy atom. The van der Waals surface area contributed by atoms with E-state index in [0.29, 0.717) is 17.9 Å². The van der Waals surface area contributed by atoms with E-state index in [9.17, 15) is 9.90 Å². The topological polar surface area (TPSA) is 65.1 Å². The maximum atomic E-state index is 11.4. The van der Waals surface area contributed by atoms with Crippen molar-refractivity contribution in [1.82, 2.24) is 14.3 Å². The molecule has 3 rings (SSSR count). The number of likely N-dealkylation sites (N-methyl/N-ethyl adjacent to an activating group) is 1. The summed E-state index contributed by atoms with van der Waals surface area (Å²) in [5.41, 5.74) is 2.51. The van der Waals surface area contributed by atoms with E-state index in [-0.39, 0.29) is 5.69 Å². The molecule has 21 heavy (non-hydrogen) atoms. The van der Waals surface area contributed by atoms with Gasteiger partial charge in [-0.15, -0.1) is 0 Å². The quantitative estimate of drug-likeness (QED) is 0.734. The van der Waals surface area contributed by atoms with E-state index >= 15 is 0 Å². The van der Waals surface area contributed by atoms with Crippen molar-refractivity contribution in [2.45, 2.75) is 13.5 Å². The molecule has 0 aromatic carbocycles. The highest BCUT2D eigenvalue weighted by molar-refractivity contribution is 5.86. The maximum Gasteiger partial charge on any atom is 0.138 e. The number of aryl methyl sites for hydroxylation is 1. The molecule has 0 bridgehead atoms. The van der Waals surface area contributed by atoms with E-state index in [2.05, 4.69) is 16.9 Å². The fourth-order valence-electron chi connectivity index (χ4n) is 2.82. The lowest BCUT2D eigenvalue weighted by Gasteiger charge is -2.30. The van der Waals surface area contributed by atoms with E-state index in [1.54, 1.807) is 0 Å². The minimum absolute atomic E-state index is 0.0619. The van der Waals surface area contributed by atoms with Gasteiger partial charge in [0.05, 0.1) is 31.8 Å². The molecule has 2 aromatic rings. The van der Waals surface area contributed by atoms with Crippen LogP contribution in [0.25, 0.3) is 5.65 Å². The average Bonchev–Trinajstić information content (AvgIpc) is 2.79. The third-order valence-corrected chi connectivity index (χ3v) is 4.16. The second-order valence-electron chi connectivity index (χ2n) is 5.86. The van der Waals surface area contributed by atoms with Crippen LogP contribution in [0.4, 0.5) is 0 Å². The van der Waals surface area contributed by atoms with E-state index in [1.165, 1.54) is 4.90 Å². The first-order valence-electron chi connectivity index (χ1n) is 7.27. The van der Waals surface area contributed by atoms with Crippen LogP contribution in [0.5, 0.6) is 0 Å². The van der Waals surface area contributed by atoms with Gasteiger partial charge in [0.1, 0.15) is 11.3 Å². The standard InChI is InChI=1S/C15H20N4O2/c1-11-3-4-19-12(10-18-7-5-17(2)6-8-18)14(15(20)21)16-13(19)9-11/h3-4,9H,5-8,10H2,1-2H3,(H,20,21). The Morgan fingerprint density at radius 3 is 2.81 bits per heavy atom. The second-order valence-corrected chi connectivity index (χ2v) is 5.86. The first kappa shape index (κ1) is 14.0. The fourth-order valence-corrected chi connectivity index (χ4v) is 2.82. The fraction of sp³-hybridized carbons (Fsp3) is 0.467. The predicted molar refractivity (Wildman–Crippen MR) is 76.2 cm³/mol. The van der Waals surface area contributed by atoms with Crippen molar-refractivity contribution in [2.24, 2.45) is 0 Å². The van der Waals surface area contributed by atoms with Crippen molar-refractivity contribution in [3.05, 3.63) is 35.3 Å². The Morgan fingerprint density at radius 1 is 1.43 bits per heavy atom. The molecule has 6 nitrogen and oxygen atoms in total. The second kappa shape index (κ2) is 5.46. The number of fused-ring (bicyclic) bond motifs is 1. The van der Waals surface area contributed by atoms with Crippen molar-refractivity contribution in [3.63, 3.8) is 0 Å². The molecular weight excluding hydrogens is 268 g/mol. The number of quaternary nitrogens is 1. The third-order valence-electron chi connectivity index (χ3n) is 4.16. The molecule has 0 saturated carbocycles. The zero-order chi connectivity index (χ0) is 15.0. The molecular formula is C15H20N4O2. The number of pyridine rings is 1. The molecule has 112 valence electrons. The summed E-state index contributed by atoms with van der Waals surface area (Å²) in [6.45, 7) is 6.67. The van der Waals surface area contributed by atoms with Gasteiger partial charge >= 0.3 is 0 Å². The van der Waals surface area contributed by atoms with Crippen molar-refractivity contribution in [3.8, 4) is 0 Å². The molecule has 0 atom stereocenters. The number of rotatable bonds is 3. The molecule has 1 aliphatic rings. The minimum atomic E-state index is -1.20. The van der Waals surface area contributed by atoms with Crippen LogP contribution in [0.3, 0.4) is 0 Å². The molecule has 1 N–H and O–H groups in total. The Balaban J connectivity index is 1.95. The smallest absolute Gasteiger partial charge is 0.138 e. The summed E-state index contributed by atoms with van der Waals surface area (Å²) in [6.07, 6.45) is 1.89. The number of carbonyl (C=O) groups is 1. The zero-order valence-electron chi connectivity index (χ0n) is 12.4. The number of aromatic carboxylic acids is 1. The van der Waals surface area contributed by atoms with Crippen LogP contribution < -0.4 is 10.0 Å². The van der Waals surface area contributed by atoms with Gasteiger partial charge in [-0.2, -0.15) is 0 Å². The van der Waals surface area contributed by atoms with Crippen molar-refractivity contribution >= 4 is 11.6 Å². The van der Waals surface area contributed by atoms with Crippen molar-refractivity contribution in [2.75, 3.05) is 33.2 Å². The summed E-state index contributed by atoms with van der Waals surface area (Å²) in [5, 5.41) is 11.4. The molecule has 0 amide bonds. The van der Waals surface area contributed by atoms with Gasteiger partial charge in [-0.3, -0.25) is 4.90 Å². The number of hydrogen-bond donors (Lipinski definition) is 1. The number of aromatic nitrogens is 2. The van der Waals surface area contributed by atoms with Crippen LogP contribution in [0.15, 0.2) is 18.3 Å². The molecule has 0 radical (unpaired) electrons. The maximum absolute atomic E-state index is 11.4. The largest absolute Gasteiger partial charge is 0.543 e. The Hall–Kier alpha value is -1.92. The Kier molecular flexibility index (Phi) is 3.65. The van der Waals surface area contributed by atoms with Gasteiger partial charge in [0.25, 0.3) is 0 Å². The lowest BCUT2D eigenvalue weighted by molar-refractivity contribution is -0.884. The number of carbonyl (C=O) groups excluding carboxylic acids is 1. The summed E-state index contributed by atoms with van der Waals surface area (Å²) >= 11 is 0. The van der Waals surface area contributed by atoms with Crippen LogP contribution in [-0.4, -0.2) is 53.5 Å². The van der Waals surface area contributed by atoms with Crippen LogP contribution in [0.1, 0.15) is 21.7 Å². The summed E-state index contributed by atoms with van der Waals surface area (Å²) in [5.74, 6) is -1.20. The van der Waals surface area contributed by atoms with Crippen LogP contribution >= 0.6 is 0 Å². The molecule has 0 spiro atoms. The highest BCUT2D eigenvalue weighted by Gasteiger charge is 2.21. The van der Waals surface area contributed by atoms with Gasteiger partial charge < -0.3 is 19.2 Å². The summed E-state index contributed by atoms with van der Waals surface area (Å²) in [4.78, 5) is 19.4. The number of imidazole rings is 1. The van der Waals surface area contributed by atoms with Crippen molar-refractivity contribution in [1.29, 1.82) is 0 Å². The highest BCUT2D eigenvalue weighted by Crippen LogP contribution is 2.16. The summed E-state index contributed by atoms with van der Waals surface area (Å²) in [6, 6.07) is 3.86. The molecule has 0 aliphatic carbocycles. The predicted octanol–water partition coefficient (Wildman–Crippen LogP) is -1.66. The van der Waals surface area contributed by atoms with E-state index in [0.717, 1.165) is 31.7 Å². The minimum Gasteiger partial charge on any atom is -0.543 e. The van der Waals surface area contributed by atoms with Crippen molar-refractivity contribution < 1.29 is 14.8 Å². The number of hydrogen-bond acceptors (Lipinski definition) is 4. The average molecular weight is 288 g/mol. The molecule has 0 unspecified atom stereocenters. The number of nitrogens with one attached hydrogen (secondary N) is 1. The van der Waals surface area contributed by atoms with Crippen LogP contribution in [-0.2, 0) is 6.54 Å². The normalized spacial score (nSPS) is 17.4. The SMILES string of the molecule is Cc1ccn2c(CN3CC[NH+](C)CC3)c(C(=O)[O-])nc2c1. The van der Waals surface area contributed by atoms with Gasteiger partial charge in [0.2, 0.25) is 0 Å². The van der Waals surface area contributed by atoms with Gasteiger partial charge in [-0.05, 0) is 24.6 Å². The Bertz CT molecular complexity index is 672. The van der Waals surface area contributed by atoms with Gasteiger partial charge in [0.15, 0.2) is 0 Å². The van der Waals surface area contributed by atoms with E-state index in [1.807, 2.05) is 29.7 Å². The van der Waals surface area contributed by atoms with E-state index in [4.69, 9.17) is 0 Å². The molecule has 1 aliphatic heterocycles. The number of nitrogens with zero attached hydrogens (tertiary/aromatic N) is 3. The first-order chi connectivity index (χ1) is 10.0. The highest BCUT2D eigenvalue weighted by atomic mass is 16.4. The first-order valence-corrected chi connectivity index (χ1v) is 7.27. The molecule has 6 heteroatoms. The molecule has 2 aromatic heterocycles. The van der Waals surface area contributed by atoms with Crippen LogP contribution in [0, 0.1) is 6.92 Å². The molecule has 1 fully saturated rings. The van der Waals surface area contributed by atoms with Crippen LogP contribution in [0.2, 0.25) is 0 Å². The van der Waals surface area contributed by atoms with E-state index < -0.39 is 5.97 Å². The van der Waals surface area contributed by atoms with Gasteiger partial charge in [-0.25, -0.2) is 4.98 Å². The molecule has 1 saturated heterocycles. The van der Waals surface area contributed by atoms with Gasteiger partial charge in [-0.1, -0.05) is 0 Å². The lowest BCUT2D eigenvalue weighted by atomic mass is 10.2. The monoisotopic (exact) mass is 288 g/mol. The number of carboxylic acids is 1. The van der Waals surface area contributed by atoms with Gasteiger partial charge in [0, 0.05) is 25.8 Å². The summed E-state index contributed by atoms with van der Waals surface area (Å²) in [7, 11) is 2.18. The Labute approximate surface area is 123 Å². The zero-order valence-corrected chi connectivity index (χ0v) is 12.4. The lowest BCUT2D eigenvalue weighted by Crippen LogP contribution is -3.11. The number of piperazine rings is 1. The number of carboxylic acid groups (broad SMARTS) is 1. The third kappa shape index (κ3) is 2.77.